The summed E-state index contributed by atoms with van der Waals surface area (Å²) in [6.45, 7) is 0. The van der Waals surface area contributed by atoms with E-state index in [1.807, 2.05) is 0 Å². The fourth-order valence-electron chi connectivity index (χ4n) is 0. The Bertz CT molecular complexity index is 31.8. The lowest BCUT2D eigenvalue weighted by atomic mass is 15.8. The summed E-state index contributed by atoms with van der Waals surface area (Å²) in [5.74, 6) is 0. The van der Waals surface area contributed by atoms with Crippen molar-refractivity contribution in [3.63, 3.8) is 0 Å². The van der Waals surface area contributed by atoms with E-state index < -0.39 is 8.25 Å². The van der Waals surface area contributed by atoms with E-state index in [2.05, 4.69) is 0 Å². The van der Waals surface area contributed by atoms with Gasteiger partial charge in [0.25, 0.3) is 0 Å². The predicted molar refractivity (Wildman–Crippen MR) is 31.8 cm³/mol. The maximum absolute atomic E-state index is 8.74. The molecular formula is H7ClO3P2. The highest BCUT2D eigenvalue weighted by Crippen LogP contribution is 1.98. The Morgan fingerprint density at radius 2 is 1.33 bits per heavy atom. The highest BCUT2D eigenvalue weighted by molar-refractivity contribution is 7.30. The second kappa shape index (κ2) is 9.30. The van der Waals surface area contributed by atoms with Crippen LogP contribution in [0.1, 0.15) is 0 Å². The van der Waals surface area contributed by atoms with Crippen molar-refractivity contribution in [2.24, 2.45) is 0 Å². The van der Waals surface area contributed by atoms with Crippen LogP contribution < -0.4 is 0 Å². The van der Waals surface area contributed by atoms with E-state index in [-0.39, 0.29) is 22.3 Å². The summed E-state index contributed by atoms with van der Waals surface area (Å²) in [7, 11) is -3.13. The highest BCUT2D eigenvalue weighted by atomic mass is 35.5. The molecule has 0 aromatic heterocycles. The zero-order valence-electron chi connectivity index (χ0n) is 2.92. The Kier molecular flexibility index (Phi) is 24.5. The van der Waals surface area contributed by atoms with Gasteiger partial charge in [-0.25, -0.2) is 0 Å². The predicted octanol–water partition coefficient (Wildman–Crippen LogP) is -0.159. The van der Waals surface area contributed by atoms with Crippen LogP contribution in [0.3, 0.4) is 0 Å². The van der Waals surface area contributed by atoms with E-state index in [9.17, 15) is 0 Å². The van der Waals surface area contributed by atoms with E-state index in [0.717, 1.165) is 0 Å². The van der Waals surface area contributed by atoms with Crippen LogP contribution in [-0.4, -0.2) is 9.79 Å². The molecule has 1 atom stereocenters. The first-order valence-corrected chi connectivity index (χ1v) is 1.95. The first kappa shape index (κ1) is 15.8. The Hall–Kier alpha value is 0.870. The molecule has 0 saturated carbocycles. The smallest absolute Gasteiger partial charge is 0.314 e. The Morgan fingerprint density at radius 3 is 1.33 bits per heavy atom. The van der Waals surface area contributed by atoms with Crippen molar-refractivity contribution in [3.05, 3.63) is 0 Å². The largest absolute Gasteiger partial charge is 0.326 e. The van der Waals surface area contributed by atoms with Crippen molar-refractivity contribution >= 4 is 30.6 Å². The molecule has 0 bridgehead atoms. The quantitative estimate of drug-likeness (QED) is 0.474. The first-order valence-electron chi connectivity index (χ1n) is 0.651. The van der Waals surface area contributed by atoms with Gasteiger partial charge < -0.3 is 9.79 Å². The third-order valence-electron chi connectivity index (χ3n) is 0. The number of rotatable bonds is 0. The van der Waals surface area contributed by atoms with Crippen LogP contribution >= 0.6 is 30.6 Å². The maximum atomic E-state index is 8.74. The Morgan fingerprint density at radius 1 is 1.33 bits per heavy atom. The summed E-state index contributed by atoms with van der Waals surface area (Å²) in [6.07, 6.45) is 0. The minimum atomic E-state index is -3.13. The third-order valence-corrected chi connectivity index (χ3v) is 0. The molecule has 6 heteroatoms. The number of halogens is 1. The minimum Gasteiger partial charge on any atom is -0.326 e. The van der Waals surface area contributed by atoms with Crippen molar-refractivity contribution in [2.75, 3.05) is 0 Å². The standard InChI is InChI=1S/ClH.H3O3P.H3P/c;1-4(2)3;/h1H;4H,(H2,1,2,3);1H3. The molecule has 0 heterocycles. The molecule has 0 aliphatic carbocycles. The van der Waals surface area contributed by atoms with Gasteiger partial charge >= 0.3 is 8.25 Å². The van der Waals surface area contributed by atoms with Crippen molar-refractivity contribution in [1.82, 2.24) is 0 Å². The van der Waals surface area contributed by atoms with Gasteiger partial charge in [-0.2, -0.15) is 9.90 Å². The maximum Gasteiger partial charge on any atom is 0.314 e. The van der Waals surface area contributed by atoms with Crippen LogP contribution in [0.5, 0.6) is 0 Å². The van der Waals surface area contributed by atoms with Gasteiger partial charge in [0.2, 0.25) is 0 Å². The van der Waals surface area contributed by atoms with E-state index in [0.29, 0.717) is 0 Å². The molecule has 0 aromatic carbocycles. The molecule has 0 radical (unpaired) electrons. The van der Waals surface area contributed by atoms with Crippen molar-refractivity contribution < 1.29 is 14.4 Å². The molecule has 3 nitrogen and oxygen atoms in total. The molecule has 2 N–H and O–H groups in total. The van der Waals surface area contributed by atoms with Gasteiger partial charge in [-0.1, -0.05) is 0 Å². The molecule has 0 aromatic rings. The van der Waals surface area contributed by atoms with Gasteiger partial charge in [0, 0.05) is 0 Å². The van der Waals surface area contributed by atoms with E-state index in [4.69, 9.17) is 14.4 Å². The molecule has 0 fully saturated rings. The molecule has 6 heavy (non-hydrogen) atoms. The summed E-state index contributed by atoms with van der Waals surface area (Å²) < 4.78 is 8.74. The van der Waals surface area contributed by atoms with Gasteiger partial charge in [-0.05, 0) is 0 Å². The molecule has 0 aliphatic rings. The second-order valence-corrected chi connectivity index (χ2v) is 0.848. The summed E-state index contributed by atoms with van der Waals surface area (Å²) in [6, 6.07) is 0. The summed E-state index contributed by atoms with van der Waals surface area (Å²) in [5.41, 5.74) is 0. The summed E-state index contributed by atoms with van der Waals surface area (Å²) in [4.78, 5) is 14.3. The van der Waals surface area contributed by atoms with Gasteiger partial charge in [0.1, 0.15) is 0 Å². The zero-order valence-corrected chi connectivity index (χ0v) is 6.15. The Balaban J connectivity index is -0.0000000450. The average molecular weight is 152 g/mol. The normalized spacial score (nSPS) is 5.83. The lowest BCUT2D eigenvalue weighted by Gasteiger charge is -1.61. The first-order chi connectivity index (χ1) is 1.73. The van der Waals surface area contributed by atoms with Gasteiger partial charge in [0.15, 0.2) is 0 Å². The third kappa shape index (κ3) is 96.4. The van der Waals surface area contributed by atoms with E-state index >= 15 is 0 Å². The van der Waals surface area contributed by atoms with Crippen LogP contribution in [-0.2, 0) is 4.57 Å². The Labute approximate surface area is 45.7 Å². The summed E-state index contributed by atoms with van der Waals surface area (Å²) >= 11 is 0. The second-order valence-electron chi connectivity index (χ2n) is 0.283. The van der Waals surface area contributed by atoms with Crippen LogP contribution in [0.2, 0.25) is 0 Å². The molecule has 0 saturated heterocycles. The fraction of sp³-hybridized carbons (Fsp3) is 0. The monoisotopic (exact) mass is 152 g/mol. The lowest BCUT2D eigenvalue weighted by molar-refractivity contribution is 0.405. The lowest BCUT2D eigenvalue weighted by Crippen LogP contribution is -1.38. The molecule has 0 rings (SSSR count). The number of hydrogen-bond acceptors (Lipinski definition) is 1. The van der Waals surface area contributed by atoms with Crippen molar-refractivity contribution in [2.45, 2.75) is 0 Å². The van der Waals surface area contributed by atoms with E-state index in [1.54, 1.807) is 0 Å². The number of hydrogen-bond donors (Lipinski definition) is 2. The van der Waals surface area contributed by atoms with Crippen LogP contribution in [0.25, 0.3) is 0 Å². The fourth-order valence-corrected chi connectivity index (χ4v) is 0. The molecule has 0 amide bonds. The molecule has 0 spiro atoms. The van der Waals surface area contributed by atoms with Crippen molar-refractivity contribution in [3.8, 4) is 0 Å². The topological polar surface area (TPSA) is 57.5 Å². The van der Waals surface area contributed by atoms with Gasteiger partial charge in [-0.15, -0.1) is 12.4 Å². The van der Waals surface area contributed by atoms with Crippen molar-refractivity contribution in [1.29, 1.82) is 0 Å². The van der Waals surface area contributed by atoms with Crippen LogP contribution in [0.4, 0.5) is 0 Å². The minimum absolute atomic E-state index is 0. The molecule has 42 valence electrons. The average Bonchev–Trinajstić information content (AvgIpc) is 0.811. The van der Waals surface area contributed by atoms with Crippen LogP contribution in [0.15, 0.2) is 0 Å². The van der Waals surface area contributed by atoms with E-state index in [1.165, 1.54) is 0 Å². The van der Waals surface area contributed by atoms with Gasteiger partial charge in [-0.3, -0.25) is 4.57 Å². The molecule has 1 unspecified atom stereocenters. The van der Waals surface area contributed by atoms with Gasteiger partial charge in [0.05, 0.1) is 0 Å². The summed E-state index contributed by atoms with van der Waals surface area (Å²) in [5, 5.41) is 0. The molecular weight excluding hydrogens is 145 g/mol. The zero-order chi connectivity index (χ0) is 3.58. The molecule has 0 aliphatic heterocycles. The SMILES string of the molecule is Cl.O=[PH](O)O.P. The highest BCUT2D eigenvalue weighted by Gasteiger charge is 1.61. The van der Waals surface area contributed by atoms with Crippen LogP contribution in [0, 0.1) is 0 Å².